The fourth-order valence-corrected chi connectivity index (χ4v) is 15.6. The number of ether oxygens (including phenoxy) is 5. The van der Waals surface area contributed by atoms with Gasteiger partial charge in [-0.05, 0) is 72.2 Å². The van der Waals surface area contributed by atoms with Gasteiger partial charge in [0.25, 0.3) is 0 Å². The number of hydrogen-bond acceptors (Lipinski definition) is 8. The van der Waals surface area contributed by atoms with Crippen LogP contribution in [0.5, 0.6) is 11.5 Å². The average Bonchev–Trinajstić information content (AvgIpc) is 3.16. The zero-order chi connectivity index (χ0) is 40.9. The van der Waals surface area contributed by atoms with Gasteiger partial charge in [0, 0.05) is 11.6 Å². The Balaban J connectivity index is 1.68. The minimum Gasteiger partial charge on any atom is -0.489 e. The zero-order valence-corrected chi connectivity index (χ0v) is 38.0. The lowest BCUT2D eigenvalue weighted by Gasteiger charge is -2.57. The van der Waals surface area contributed by atoms with Crippen molar-refractivity contribution >= 4 is 28.4 Å². The van der Waals surface area contributed by atoms with Gasteiger partial charge in [0.1, 0.15) is 43.2 Å². The van der Waals surface area contributed by atoms with E-state index in [1.165, 1.54) is 0 Å². The second-order valence-corrected chi connectivity index (χ2v) is 28.3. The monoisotopic (exact) mass is 802 g/mol. The molecule has 0 saturated carbocycles. The smallest absolute Gasteiger partial charge is 0.311 e. The molecule has 10 heteroatoms. The molecule has 0 bridgehead atoms. The molecule has 3 atom stereocenters. The van der Waals surface area contributed by atoms with Crippen molar-refractivity contribution in [2.45, 2.75) is 150 Å². The Bertz CT molecular complexity index is 1760. The summed E-state index contributed by atoms with van der Waals surface area (Å²) < 4.78 is 47.8. The van der Waals surface area contributed by atoms with Crippen molar-refractivity contribution in [1.82, 2.24) is 0 Å². The summed E-state index contributed by atoms with van der Waals surface area (Å²) >= 11 is 0. The Labute approximate surface area is 338 Å². The van der Waals surface area contributed by atoms with E-state index >= 15 is 0 Å². The highest BCUT2D eigenvalue weighted by Gasteiger charge is 2.62. The van der Waals surface area contributed by atoms with Crippen molar-refractivity contribution in [3.63, 3.8) is 0 Å². The van der Waals surface area contributed by atoms with Crippen LogP contribution in [0, 0.1) is 5.41 Å². The lowest BCUT2D eigenvalue weighted by Crippen LogP contribution is -2.68. The summed E-state index contributed by atoms with van der Waals surface area (Å²) in [4.78, 5) is 13.3. The third-order valence-corrected chi connectivity index (χ3v) is 22.3. The Kier molecular flexibility index (Phi) is 13.7. The van der Waals surface area contributed by atoms with Crippen molar-refractivity contribution in [3.8, 4) is 11.5 Å². The first kappa shape index (κ1) is 43.7. The maximum absolute atomic E-state index is 13.3. The van der Waals surface area contributed by atoms with Gasteiger partial charge in [-0.2, -0.15) is 0 Å². The SMILES string of the molecule is CC[Si](CC)(CC)O[C@@H]1C=C(c2c(COC(=O)C(C)(C)C)cc(OCc3ccccc3)cc2OCc2ccccc2)O[C@@H]2OC[Si](C(C)(C)C)(C(C)(C)C)O[C@H]21. The predicted octanol–water partition coefficient (Wildman–Crippen LogP) is 11.5. The quantitative estimate of drug-likeness (QED) is 0.118. The molecule has 0 N–H and O–H groups in total. The van der Waals surface area contributed by atoms with Crippen LogP contribution >= 0.6 is 0 Å². The molecule has 5 rings (SSSR count). The van der Waals surface area contributed by atoms with Crippen LogP contribution in [-0.2, 0) is 47.7 Å². The summed E-state index contributed by atoms with van der Waals surface area (Å²) in [5.41, 5.74) is 2.70. The molecule has 0 amide bonds. The largest absolute Gasteiger partial charge is 0.489 e. The summed E-state index contributed by atoms with van der Waals surface area (Å²) in [6, 6.07) is 26.8. The van der Waals surface area contributed by atoms with Gasteiger partial charge in [-0.3, -0.25) is 4.79 Å². The maximum Gasteiger partial charge on any atom is 0.311 e. The zero-order valence-electron chi connectivity index (χ0n) is 36.0. The average molecular weight is 803 g/mol. The topological polar surface area (TPSA) is 81.7 Å². The van der Waals surface area contributed by atoms with Gasteiger partial charge < -0.3 is 32.5 Å². The van der Waals surface area contributed by atoms with Crippen molar-refractivity contribution in [3.05, 3.63) is 101 Å². The third kappa shape index (κ3) is 9.81. The fraction of sp³-hybridized carbons (Fsp3) is 0.543. The highest BCUT2D eigenvalue weighted by molar-refractivity contribution is 6.79. The molecule has 3 aromatic rings. The van der Waals surface area contributed by atoms with E-state index in [0.29, 0.717) is 47.8 Å². The predicted molar refractivity (Wildman–Crippen MR) is 228 cm³/mol. The molecule has 0 spiro atoms. The molecule has 8 nitrogen and oxygen atoms in total. The van der Waals surface area contributed by atoms with Crippen LogP contribution in [-0.4, -0.2) is 47.3 Å². The number of esters is 1. The van der Waals surface area contributed by atoms with Crippen molar-refractivity contribution < 1.29 is 37.3 Å². The van der Waals surface area contributed by atoms with Crippen LogP contribution in [0.2, 0.25) is 28.2 Å². The molecule has 56 heavy (non-hydrogen) atoms. The molecule has 0 unspecified atom stereocenters. The van der Waals surface area contributed by atoms with E-state index in [9.17, 15) is 4.79 Å². The van der Waals surface area contributed by atoms with Gasteiger partial charge >= 0.3 is 5.97 Å². The number of carbonyl (C=O) groups excluding carboxylic acids is 1. The van der Waals surface area contributed by atoms with E-state index in [1.54, 1.807) is 0 Å². The number of benzene rings is 3. The Morgan fingerprint density at radius 3 is 1.84 bits per heavy atom. The first-order valence-corrected chi connectivity index (χ1v) is 25.0. The van der Waals surface area contributed by atoms with E-state index in [4.69, 9.17) is 32.5 Å². The van der Waals surface area contributed by atoms with Crippen LogP contribution in [0.3, 0.4) is 0 Å². The first-order chi connectivity index (χ1) is 26.3. The summed E-state index contributed by atoms with van der Waals surface area (Å²) in [5, 5.41) is -0.227. The number of rotatable bonds is 14. The molecule has 2 heterocycles. The van der Waals surface area contributed by atoms with Gasteiger partial charge in [0.15, 0.2) is 8.32 Å². The molecule has 2 aliphatic rings. The van der Waals surface area contributed by atoms with E-state index in [2.05, 4.69) is 68.4 Å². The standard InChI is InChI=1S/C46H66O8Si2/c1-13-55(14-2,15-3)53-39-28-38(52-42-41(39)54-56(32-51-42,45(7,8)9)46(10,11)12)40-35(31-50-43(47)44(4,5)6)26-36(48-29-33-22-18-16-19-23-33)27-37(40)49-30-34-24-20-17-21-25-34/h16-28,39,41-42H,13-15,29-32H2,1-12H3/t39-,41+,42+/m1/s1. The van der Waals surface area contributed by atoms with E-state index in [-0.39, 0.29) is 22.7 Å². The minimum atomic E-state index is -2.60. The second-order valence-electron chi connectivity index (χ2n) is 18.4. The molecule has 2 aliphatic heterocycles. The summed E-state index contributed by atoms with van der Waals surface area (Å²) in [6.07, 6.45) is 0.946. The van der Waals surface area contributed by atoms with Crippen molar-refractivity contribution in [1.29, 1.82) is 0 Å². The number of hydrogen-bond donors (Lipinski definition) is 0. The van der Waals surface area contributed by atoms with Crippen LogP contribution in [0.15, 0.2) is 78.9 Å². The maximum atomic E-state index is 13.3. The van der Waals surface area contributed by atoms with Gasteiger partial charge in [-0.1, -0.05) is 123 Å². The van der Waals surface area contributed by atoms with E-state index in [0.717, 1.165) is 29.3 Å². The normalized spacial score (nSPS) is 20.0. The molecule has 0 radical (unpaired) electrons. The molecule has 3 aromatic carbocycles. The first-order valence-electron chi connectivity index (χ1n) is 20.4. The van der Waals surface area contributed by atoms with Crippen LogP contribution in [0.4, 0.5) is 0 Å². The molecule has 1 fully saturated rings. The molecular formula is C46H66O8Si2. The molecule has 306 valence electrons. The summed E-state index contributed by atoms with van der Waals surface area (Å²) in [6.45, 7) is 26.6. The summed E-state index contributed by atoms with van der Waals surface area (Å²) in [5.74, 6) is 1.36. The molecule has 1 saturated heterocycles. The summed E-state index contributed by atoms with van der Waals surface area (Å²) in [7, 11) is -4.78. The molecule has 0 aromatic heterocycles. The number of carbonyl (C=O) groups is 1. The Morgan fingerprint density at radius 2 is 1.32 bits per heavy atom. The lowest BCUT2D eigenvalue weighted by molar-refractivity contribution is -0.198. The number of fused-ring (bicyclic) bond motifs is 1. The lowest BCUT2D eigenvalue weighted by atomic mass is 9.97. The molecular weight excluding hydrogens is 737 g/mol. The second kappa shape index (κ2) is 17.6. The van der Waals surface area contributed by atoms with Gasteiger partial charge in [-0.25, -0.2) is 0 Å². The van der Waals surface area contributed by atoms with Gasteiger partial charge in [0.2, 0.25) is 14.6 Å². The highest BCUT2D eigenvalue weighted by Crippen LogP contribution is 2.55. The van der Waals surface area contributed by atoms with Crippen LogP contribution in [0.1, 0.15) is 105 Å². The molecule has 0 aliphatic carbocycles. The fourth-order valence-electron chi connectivity index (χ4n) is 7.86. The van der Waals surface area contributed by atoms with E-state index < -0.39 is 40.5 Å². The third-order valence-electron chi connectivity index (χ3n) is 11.5. The minimum absolute atomic E-state index is 0.0189. The van der Waals surface area contributed by atoms with Crippen LogP contribution in [0.25, 0.3) is 5.76 Å². The van der Waals surface area contributed by atoms with Crippen molar-refractivity contribution in [2.24, 2.45) is 5.41 Å². The van der Waals surface area contributed by atoms with Gasteiger partial charge in [0.05, 0.1) is 23.3 Å². The Morgan fingerprint density at radius 1 is 0.768 bits per heavy atom. The highest BCUT2D eigenvalue weighted by atomic mass is 28.4. The van der Waals surface area contributed by atoms with Gasteiger partial charge in [-0.15, -0.1) is 0 Å². The van der Waals surface area contributed by atoms with Crippen LogP contribution < -0.4 is 9.47 Å². The Hall–Kier alpha value is -3.42. The van der Waals surface area contributed by atoms with Crippen molar-refractivity contribution in [2.75, 3.05) is 6.23 Å². The van der Waals surface area contributed by atoms with E-state index in [1.807, 2.05) is 93.6 Å².